The highest BCUT2D eigenvalue weighted by atomic mass is 16.5. The molecular formula is C17H14N2O2. The van der Waals surface area contributed by atoms with Crippen molar-refractivity contribution in [1.82, 2.24) is 10.1 Å². The summed E-state index contributed by atoms with van der Waals surface area (Å²) in [5.74, 6) is 1.89. The van der Waals surface area contributed by atoms with Gasteiger partial charge in [-0.3, -0.25) is 0 Å². The molecule has 0 N–H and O–H groups in total. The molecule has 0 aliphatic heterocycles. The third-order valence-corrected chi connectivity index (χ3v) is 3.01. The molecule has 0 saturated heterocycles. The van der Waals surface area contributed by atoms with Gasteiger partial charge in [0, 0.05) is 11.6 Å². The van der Waals surface area contributed by atoms with E-state index >= 15 is 0 Å². The summed E-state index contributed by atoms with van der Waals surface area (Å²) in [6, 6.07) is 17.5. The molecule has 1 aromatic heterocycles. The molecule has 104 valence electrons. The van der Waals surface area contributed by atoms with Crippen LogP contribution in [0.25, 0.3) is 23.5 Å². The van der Waals surface area contributed by atoms with E-state index < -0.39 is 0 Å². The summed E-state index contributed by atoms with van der Waals surface area (Å²) in [7, 11) is 1.65. The van der Waals surface area contributed by atoms with E-state index in [0.717, 1.165) is 16.9 Å². The molecule has 0 fully saturated rings. The van der Waals surface area contributed by atoms with Crippen LogP contribution in [0.15, 0.2) is 59.1 Å². The van der Waals surface area contributed by atoms with Crippen LogP contribution in [-0.2, 0) is 0 Å². The van der Waals surface area contributed by atoms with Crippen LogP contribution in [0.5, 0.6) is 5.75 Å². The number of hydrogen-bond donors (Lipinski definition) is 0. The van der Waals surface area contributed by atoms with E-state index in [0.29, 0.717) is 11.7 Å². The summed E-state index contributed by atoms with van der Waals surface area (Å²) < 4.78 is 10.3. The lowest BCUT2D eigenvalue weighted by Crippen LogP contribution is -1.81. The Balaban J connectivity index is 1.76. The number of benzene rings is 2. The van der Waals surface area contributed by atoms with Crippen LogP contribution in [0.2, 0.25) is 0 Å². The number of hydrogen-bond acceptors (Lipinski definition) is 4. The Morgan fingerprint density at radius 1 is 0.952 bits per heavy atom. The van der Waals surface area contributed by atoms with Crippen LogP contribution in [0.4, 0.5) is 0 Å². The van der Waals surface area contributed by atoms with Gasteiger partial charge in [-0.15, -0.1) is 0 Å². The van der Waals surface area contributed by atoms with Crippen molar-refractivity contribution in [2.45, 2.75) is 0 Å². The molecule has 0 unspecified atom stereocenters. The topological polar surface area (TPSA) is 48.2 Å². The number of rotatable bonds is 4. The highest BCUT2D eigenvalue weighted by Crippen LogP contribution is 2.17. The van der Waals surface area contributed by atoms with Crippen molar-refractivity contribution < 1.29 is 9.26 Å². The molecule has 0 amide bonds. The second-order valence-corrected chi connectivity index (χ2v) is 4.43. The summed E-state index contributed by atoms with van der Waals surface area (Å²) in [6.45, 7) is 0. The lowest BCUT2D eigenvalue weighted by Gasteiger charge is -1.98. The van der Waals surface area contributed by atoms with E-state index in [2.05, 4.69) is 10.1 Å². The Labute approximate surface area is 122 Å². The minimum Gasteiger partial charge on any atom is -0.497 e. The molecule has 3 rings (SSSR count). The molecule has 0 aliphatic carbocycles. The van der Waals surface area contributed by atoms with Crippen LogP contribution in [0.1, 0.15) is 11.5 Å². The molecule has 3 aromatic rings. The Kier molecular flexibility index (Phi) is 3.78. The molecule has 0 radical (unpaired) electrons. The van der Waals surface area contributed by atoms with Crippen LogP contribution in [0, 0.1) is 0 Å². The molecule has 0 aliphatic rings. The first-order chi connectivity index (χ1) is 10.3. The first kappa shape index (κ1) is 13.1. The molecular weight excluding hydrogens is 264 g/mol. The zero-order valence-electron chi connectivity index (χ0n) is 11.6. The summed E-state index contributed by atoms with van der Waals surface area (Å²) in [5.41, 5.74) is 1.97. The van der Waals surface area contributed by atoms with Gasteiger partial charge in [0.15, 0.2) is 0 Å². The summed E-state index contributed by atoms with van der Waals surface area (Å²) >= 11 is 0. The predicted octanol–water partition coefficient (Wildman–Crippen LogP) is 3.92. The third-order valence-electron chi connectivity index (χ3n) is 3.01. The molecule has 0 atom stereocenters. The van der Waals surface area contributed by atoms with Gasteiger partial charge in [-0.25, -0.2) is 0 Å². The van der Waals surface area contributed by atoms with Gasteiger partial charge >= 0.3 is 0 Å². The predicted molar refractivity (Wildman–Crippen MR) is 81.7 cm³/mol. The fourth-order valence-electron chi connectivity index (χ4n) is 1.89. The van der Waals surface area contributed by atoms with E-state index in [1.165, 1.54) is 0 Å². The Morgan fingerprint density at radius 3 is 2.43 bits per heavy atom. The van der Waals surface area contributed by atoms with Crippen LogP contribution in [-0.4, -0.2) is 17.3 Å². The summed E-state index contributed by atoms with van der Waals surface area (Å²) in [5, 5.41) is 3.97. The van der Waals surface area contributed by atoms with Crippen molar-refractivity contribution >= 4 is 12.2 Å². The average molecular weight is 278 g/mol. The van der Waals surface area contributed by atoms with Crippen molar-refractivity contribution in [2.24, 2.45) is 0 Å². The zero-order valence-corrected chi connectivity index (χ0v) is 11.6. The van der Waals surface area contributed by atoms with Crippen LogP contribution >= 0.6 is 0 Å². The van der Waals surface area contributed by atoms with Gasteiger partial charge in [0.05, 0.1) is 7.11 Å². The highest BCUT2D eigenvalue weighted by Gasteiger charge is 2.05. The standard InChI is InChI=1S/C17H14N2O2/c1-20-15-10-7-13(8-11-15)9-12-16-18-17(19-21-16)14-5-3-2-4-6-14/h2-12H,1H3/b12-9+. The fraction of sp³-hybridized carbons (Fsp3) is 0.0588. The van der Waals surface area contributed by atoms with Gasteiger partial charge in [0.25, 0.3) is 5.89 Å². The summed E-state index contributed by atoms with van der Waals surface area (Å²) in [6.07, 6.45) is 3.71. The van der Waals surface area contributed by atoms with E-state index in [1.807, 2.05) is 60.7 Å². The molecule has 21 heavy (non-hydrogen) atoms. The van der Waals surface area contributed by atoms with E-state index in [-0.39, 0.29) is 0 Å². The van der Waals surface area contributed by atoms with Crippen molar-refractivity contribution in [3.8, 4) is 17.1 Å². The van der Waals surface area contributed by atoms with E-state index in [9.17, 15) is 0 Å². The largest absolute Gasteiger partial charge is 0.497 e. The van der Waals surface area contributed by atoms with Crippen LogP contribution < -0.4 is 4.74 Å². The lowest BCUT2D eigenvalue weighted by molar-refractivity contribution is 0.411. The minimum absolute atomic E-state index is 0.477. The Morgan fingerprint density at radius 2 is 1.71 bits per heavy atom. The molecule has 1 heterocycles. The van der Waals surface area contributed by atoms with Gasteiger partial charge in [0.2, 0.25) is 5.82 Å². The van der Waals surface area contributed by atoms with Gasteiger partial charge in [-0.05, 0) is 23.8 Å². The quantitative estimate of drug-likeness (QED) is 0.725. The second-order valence-electron chi connectivity index (χ2n) is 4.43. The first-order valence-corrected chi connectivity index (χ1v) is 6.56. The smallest absolute Gasteiger partial charge is 0.250 e. The highest BCUT2D eigenvalue weighted by molar-refractivity contribution is 5.67. The average Bonchev–Trinajstić information content (AvgIpc) is 3.03. The van der Waals surface area contributed by atoms with E-state index in [4.69, 9.17) is 9.26 Å². The molecule has 0 bridgehead atoms. The fourth-order valence-corrected chi connectivity index (χ4v) is 1.89. The molecule has 4 nitrogen and oxygen atoms in total. The minimum atomic E-state index is 0.477. The van der Waals surface area contributed by atoms with Gasteiger partial charge in [0.1, 0.15) is 5.75 Å². The third kappa shape index (κ3) is 3.17. The SMILES string of the molecule is COc1ccc(/C=C/c2nc(-c3ccccc3)no2)cc1. The number of methoxy groups -OCH3 is 1. The van der Waals surface area contributed by atoms with Crippen molar-refractivity contribution in [3.05, 3.63) is 66.1 Å². The van der Waals surface area contributed by atoms with Crippen molar-refractivity contribution in [1.29, 1.82) is 0 Å². The zero-order chi connectivity index (χ0) is 14.5. The lowest BCUT2D eigenvalue weighted by atomic mass is 10.2. The second kappa shape index (κ2) is 6.05. The summed E-state index contributed by atoms with van der Waals surface area (Å²) in [4.78, 5) is 4.34. The van der Waals surface area contributed by atoms with Crippen molar-refractivity contribution in [3.63, 3.8) is 0 Å². The molecule has 0 saturated carbocycles. The van der Waals surface area contributed by atoms with Gasteiger partial charge in [-0.2, -0.15) is 4.98 Å². The maximum Gasteiger partial charge on any atom is 0.250 e. The number of aromatic nitrogens is 2. The van der Waals surface area contributed by atoms with Crippen molar-refractivity contribution in [2.75, 3.05) is 7.11 Å². The number of nitrogens with zero attached hydrogens (tertiary/aromatic N) is 2. The number of ether oxygens (including phenoxy) is 1. The van der Waals surface area contributed by atoms with Gasteiger partial charge < -0.3 is 9.26 Å². The monoisotopic (exact) mass is 278 g/mol. The Hall–Kier alpha value is -2.88. The van der Waals surface area contributed by atoms with Crippen LogP contribution in [0.3, 0.4) is 0 Å². The maximum atomic E-state index is 5.21. The Bertz CT molecular complexity index is 731. The molecule has 0 spiro atoms. The van der Waals surface area contributed by atoms with Gasteiger partial charge in [-0.1, -0.05) is 47.6 Å². The molecule has 4 heteroatoms. The maximum absolute atomic E-state index is 5.21. The molecule has 2 aromatic carbocycles. The first-order valence-electron chi connectivity index (χ1n) is 6.56. The normalized spacial score (nSPS) is 10.9. The van der Waals surface area contributed by atoms with E-state index in [1.54, 1.807) is 13.2 Å².